The van der Waals surface area contributed by atoms with Gasteiger partial charge in [-0.3, -0.25) is 4.79 Å². The van der Waals surface area contributed by atoms with Crippen LogP contribution in [0.15, 0.2) is 0 Å². The molecule has 1 aliphatic heterocycles. The van der Waals surface area contributed by atoms with Gasteiger partial charge in [0.2, 0.25) is 5.91 Å². The van der Waals surface area contributed by atoms with Gasteiger partial charge in [0, 0.05) is 6.04 Å². The number of rotatable bonds is 3. The fourth-order valence-corrected chi connectivity index (χ4v) is 1.46. The molecule has 1 heterocycles. The smallest absolute Gasteiger partial charge is 0.237 e. The number of aliphatic hydroxyl groups is 1. The van der Waals surface area contributed by atoms with Crippen molar-refractivity contribution in [2.24, 2.45) is 0 Å². The van der Waals surface area contributed by atoms with Gasteiger partial charge < -0.3 is 15.7 Å². The minimum absolute atomic E-state index is 0.00153. The molecule has 1 rings (SSSR count). The molecule has 4 heteroatoms. The van der Waals surface area contributed by atoms with Gasteiger partial charge in [0.05, 0.1) is 12.6 Å². The van der Waals surface area contributed by atoms with Crippen molar-refractivity contribution >= 4 is 5.91 Å². The molecule has 2 atom stereocenters. The van der Waals surface area contributed by atoms with Crippen molar-refractivity contribution < 1.29 is 9.90 Å². The normalized spacial score (nSPS) is 25.2. The third-order valence-electron chi connectivity index (χ3n) is 2.29. The highest BCUT2D eigenvalue weighted by molar-refractivity contribution is 5.82. The fraction of sp³-hybridized carbons (Fsp3) is 0.889. The van der Waals surface area contributed by atoms with Gasteiger partial charge >= 0.3 is 0 Å². The first-order valence-corrected chi connectivity index (χ1v) is 4.88. The van der Waals surface area contributed by atoms with Crippen molar-refractivity contribution in [1.82, 2.24) is 10.6 Å². The van der Waals surface area contributed by atoms with E-state index in [0.29, 0.717) is 0 Å². The molecule has 1 aliphatic rings. The number of aliphatic hydroxyl groups excluding tert-OH is 1. The van der Waals surface area contributed by atoms with E-state index in [0.717, 1.165) is 25.8 Å². The number of nitrogens with one attached hydrogen (secondary N) is 2. The third kappa shape index (κ3) is 3.32. The van der Waals surface area contributed by atoms with Gasteiger partial charge in [-0.2, -0.15) is 0 Å². The average molecular weight is 186 g/mol. The van der Waals surface area contributed by atoms with Gasteiger partial charge in [-0.15, -0.1) is 0 Å². The van der Waals surface area contributed by atoms with E-state index in [4.69, 9.17) is 5.11 Å². The van der Waals surface area contributed by atoms with Crippen LogP contribution in [0.5, 0.6) is 0 Å². The van der Waals surface area contributed by atoms with Gasteiger partial charge in [0.1, 0.15) is 0 Å². The molecule has 0 aromatic heterocycles. The number of hydrogen-bond acceptors (Lipinski definition) is 3. The van der Waals surface area contributed by atoms with Crippen molar-refractivity contribution in [2.45, 2.75) is 38.3 Å². The van der Waals surface area contributed by atoms with E-state index < -0.39 is 0 Å². The zero-order valence-electron chi connectivity index (χ0n) is 8.05. The lowest BCUT2D eigenvalue weighted by Gasteiger charge is -2.23. The number of hydrogen-bond donors (Lipinski definition) is 3. The topological polar surface area (TPSA) is 61.4 Å². The summed E-state index contributed by atoms with van der Waals surface area (Å²) >= 11 is 0. The Labute approximate surface area is 78.7 Å². The maximum absolute atomic E-state index is 11.5. The second-order valence-corrected chi connectivity index (χ2v) is 3.59. The molecule has 0 aliphatic carbocycles. The fourth-order valence-electron chi connectivity index (χ4n) is 1.46. The molecule has 0 aromatic rings. The predicted octanol–water partition coefficient (Wildman–Crippen LogP) is -0.374. The number of amides is 1. The quantitative estimate of drug-likeness (QED) is 0.563. The van der Waals surface area contributed by atoms with E-state index in [9.17, 15) is 4.79 Å². The monoisotopic (exact) mass is 186 g/mol. The van der Waals surface area contributed by atoms with Crippen LogP contribution in [0.3, 0.4) is 0 Å². The Hall–Kier alpha value is -0.610. The lowest BCUT2D eigenvalue weighted by atomic mass is 10.0. The minimum Gasteiger partial charge on any atom is -0.394 e. The van der Waals surface area contributed by atoms with Crippen LogP contribution in [-0.4, -0.2) is 36.2 Å². The first-order valence-electron chi connectivity index (χ1n) is 4.88. The Morgan fingerprint density at radius 3 is 3.00 bits per heavy atom. The van der Waals surface area contributed by atoms with E-state index in [1.165, 1.54) is 0 Å². The molecule has 1 amide bonds. The summed E-state index contributed by atoms with van der Waals surface area (Å²) in [5.41, 5.74) is 0. The predicted molar refractivity (Wildman–Crippen MR) is 50.3 cm³/mol. The van der Waals surface area contributed by atoms with Crippen LogP contribution in [0.2, 0.25) is 0 Å². The summed E-state index contributed by atoms with van der Waals surface area (Å²) in [5.74, 6) is 0.0150. The summed E-state index contributed by atoms with van der Waals surface area (Å²) in [6.07, 6.45) is 3.17. The lowest BCUT2D eigenvalue weighted by Crippen LogP contribution is -2.49. The zero-order chi connectivity index (χ0) is 9.68. The van der Waals surface area contributed by atoms with Crippen LogP contribution < -0.4 is 10.6 Å². The highest BCUT2D eigenvalue weighted by Crippen LogP contribution is 2.06. The molecule has 13 heavy (non-hydrogen) atoms. The molecule has 0 aromatic carbocycles. The van der Waals surface area contributed by atoms with Crippen molar-refractivity contribution in [1.29, 1.82) is 0 Å². The second kappa shape index (κ2) is 5.19. The molecule has 76 valence electrons. The van der Waals surface area contributed by atoms with E-state index in [2.05, 4.69) is 10.6 Å². The van der Waals surface area contributed by atoms with Crippen LogP contribution >= 0.6 is 0 Å². The summed E-state index contributed by atoms with van der Waals surface area (Å²) in [5, 5.41) is 14.6. The molecule has 3 N–H and O–H groups in total. The van der Waals surface area contributed by atoms with Crippen molar-refractivity contribution in [3.8, 4) is 0 Å². The highest BCUT2D eigenvalue weighted by Gasteiger charge is 2.20. The summed E-state index contributed by atoms with van der Waals surface area (Å²) in [4.78, 5) is 11.5. The van der Waals surface area contributed by atoms with Crippen LogP contribution in [0.1, 0.15) is 26.2 Å². The molecule has 0 radical (unpaired) electrons. The Bertz CT molecular complexity index is 167. The lowest BCUT2D eigenvalue weighted by molar-refractivity contribution is -0.124. The molecule has 1 saturated heterocycles. The molecular formula is C9H18N2O2. The van der Waals surface area contributed by atoms with E-state index in [-0.39, 0.29) is 24.6 Å². The average Bonchev–Trinajstić information content (AvgIpc) is 2.19. The maximum Gasteiger partial charge on any atom is 0.237 e. The number of carbonyl (C=O) groups excluding carboxylic acids is 1. The summed E-state index contributed by atoms with van der Waals surface area (Å²) in [6.45, 7) is 2.71. The Morgan fingerprint density at radius 2 is 2.46 bits per heavy atom. The highest BCUT2D eigenvalue weighted by atomic mass is 16.3. The SMILES string of the molecule is CC(CO)NC(=O)[C@@H]1CCCCN1. The van der Waals surface area contributed by atoms with Crippen molar-refractivity contribution in [2.75, 3.05) is 13.2 Å². The third-order valence-corrected chi connectivity index (χ3v) is 2.29. The maximum atomic E-state index is 11.5. The summed E-state index contributed by atoms with van der Waals surface area (Å²) in [7, 11) is 0. The van der Waals surface area contributed by atoms with Gasteiger partial charge in [0.25, 0.3) is 0 Å². The van der Waals surface area contributed by atoms with E-state index in [1.54, 1.807) is 6.92 Å². The first-order chi connectivity index (χ1) is 6.24. The van der Waals surface area contributed by atoms with Gasteiger partial charge in [-0.25, -0.2) is 0 Å². The summed E-state index contributed by atoms with van der Waals surface area (Å²) in [6, 6.07) is -0.195. The Morgan fingerprint density at radius 1 is 1.69 bits per heavy atom. The van der Waals surface area contributed by atoms with Gasteiger partial charge in [-0.1, -0.05) is 6.42 Å². The van der Waals surface area contributed by atoms with Crippen LogP contribution in [0, 0.1) is 0 Å². The molecule has 1 unspecified atom stereocenters. The molecular weight excluding hydrogens is 168 g/mol. The Balaban J connectivity index is 2.29. The summed E-state index contributed by atoms with van der Waals surface area (Å²) < 4.78 is 0. The van der Waals surface area contributed by atoms with Crippen LogP contribution in [-0.2, 0) is 4.79 Å². The zero-order valence-corrected chi connectivity index (χ0v) is 8.05. The number of carbonyl (C=O) groups is 1. The van der Waals surface area contributed by atoms with Crippen LogP contribution in [0.4, 0.5) is 0 Å². The number of piperidine rings is 1. The van der Waals surface area contributed by atoms with Crippen molar-refractivity contribution in [3.63, 3.8) is 0 Å². The van der Waals surface area contributed by atoms with Crippen molar-refractivity contribution in [3.05, 3.63) is 0 Å². The van der Waals surface area contributed by atoms with Crippen LogP contribution in [0.25, 0.3) is 0 Å². The minimum atomic E-state index is -0.142. The molecule has 4 nitrogen and oxygen atoms in total. The van der Waals surface area contributed by atoms with Gasteiger partial charge in [-0.05, 0) is 26.3 Å². The first kappa shape index (κ1) is 10.5. The Kier molecular flexibility index (Phi) is 4.18. The largest absolute Gasteiger partial charge is 0.394 e. The van der Waals surface area contributed by atoms with E-state index in [1.807, 2.05) is 0 Å². The van der Waals surface area contributed by atoms with Gasteiger partial charge in [0.15, 0.2) is 0 Å². The molecule has 1 fully saturated rings. The standard InChI is InChI=1S/C9H18N2O2/c1-7(6-12)11-9(13)8-4-2-3-5-10-8/h7-8,10,12H,2-6H2,1H3,(H,11,13)/t7?,8-/m0/s1. The molecule has 0 spiro atoms. The second-order valence-electron chi connectivity index (χ2n) is 3.59. The molecule has 0 saturated carbocycles. The molecule has 0 bridgehead atoms. The van der Waals surface area contributed by atoms with E-state index >= 15 is 0 Å².